The molecule has 0 amide bonds. The van der Waals surface area contributed by atoms with E-state index in [0.717, 1.165) is 0 Å². The standard InChI is InChI=1S/C4H9N5/c1-7-4(6)8-9-2-3(9)5/h5H,2H2,1H3,(H3,6,7,8). The monoisotopic (exact) mass is 127 g/mol. The number of hydrazine groups is 1. The Bertz CT molecular complexity index is 160. The van der Waals surface area contributed by atoms with Crippen LogP contribution in [0.4, 0.5) is 0 Å². The van der Waals surface area contributed by atoms with Crippen LogP contribution in [0.25, 0.3) is 0 Å². The summed E-state index contributed by atoms with van der Waals surface area (Å²) in [7, 11) is 1.59. The van der Waals surface area contributed by atoms with E-state index in [0.29, 0.717) is 18.3 Å². The van der Waals surface area contributed by atoms with E-state index in [1.807, 2.05) is 0 Å². The smallest absolute Gasteiger partial charge is 0.207 e. The molecular weight excluding hydrogens is 118 g/mol. The molecule has 0 aromatic carbocycles. The van der Waals surface area contributed by atoms with Crippen molar-refractivity contribution >= 4 is 11.8 Å². The van der Waals surface area contributed by atoms with Crippen molar-refractivity contribution < 1.29 is 0 Å². The van der Waals surface area contributed by atoms with Crippen molar-refractivity contribution in [3.8, 4) is 0 Å². The van der Waals surface area contributed by atoms with Crippen molar-refractivity contribution in [1.29, 1.82) is 5.41 Å². The molecule has 0 aromatic rings. The van der Waals surface area contributed by atoms with Gasteiger partial charge < -0.3 is 5.73 Å². The molecule has 0 unspecified atom stereocenters. The molecule has 0 saturated carbocycles. The fourth-order valence-electron chi connectivity index (χ4n) is 0.410. The van der Waals surface area contributed by atoms with Crippen molar-refractivity contribution in [2.45, 2.75) is 0 Å². The molecule has 1 aliphatic heterocycles. The van der Waals surface area contributed by atoms with Gasteiger partial charge in [-0.15, -0.1) is 0 Å². The van der Waals surface area contributed by atoms with E-state index in [-0.39, 0.29) is 0 Å². The number of nitrogens with zero attached hydrogens (tertiary/aromatic N) is 2. The molecule has 0 atom stereocenters. The highest BCUT2D eigenvalue weighted by Crippen LogP contribution is 1.99. The van der Waals surface area contributed by atoms with Crippen molar-refractivity contribution in [3.05, 3.63) is 0 Å². The van der Waals surface area contributed by atoms with Gasteiger partial charge in [-0.1, -0.05) is 0 Å². The van der Waals surface area contributed by atoms with E-state index >= 15 is 0 Å². The Morgan fingerprint density at radius 2 is 2.56 bits per heavy atom. The number of hydrogen-bond acceptors (Lipinski definition) is 2. The second-order valence-electron chi connectivity index (χ2n) is 1.75. The van der Waals surface area contributed by atoms with Gasteiger partial charge in [-0.2, -0.15) is 0 Å². The Hall–Kier alpha value is -1.26. The molecule has 1 aliphatic rings. The minimum atomic E-state index is 0.345. The minimum absolute atomic E-state index is 0.345. The lowest BCUT2D eigenvalue weighted by molar-refractivity contribution is 0.553. The highest BCUT2D eigenvalue weighted by molar-refractivity contribution is 5.96. The zero-order chi connectivity index (χ0) is 6.85. The lowest BCUT2D eigenvalue weighted by Crippen LogP contribution is -2.36. The van der Waals surface area contributed by atoms with Crippen LogP contribution in [0.5, 0.6) is 0 Å². The van der Waals surface area contributed by atoms with E-state index in [4.69, 9.17) is 11.1 Å². The highest BCUT2D eigenvalue weighted by atomic mass is 15.6. The van der Waals surface area contributed by atoms with Gasteiger partial charge in [0.25, 0.3) is 0 Å². The number of rotatable bonds is 1. The van der Waals surface area contributed by atoms with Gasteiger partial charge in [0.1, 0.15) is 5.84 Å². The third-order valence-corrected chi connectivity index (χ3v) is 1.02. The first kappa shape index (κ1) is 5.87. The van der Waals surface area contributed by atoms with Gasteiger partial charge in [-0.05, 0) is 0 Å². The number of guanidine groups is 1. The van der Waals surface area contributed by atoms with Crippen LogP contribution in [0.15, 0.2) is 4.99 Å². The average Bonchev–Trinajstić information content (AvgIpc) is 2.47. The second kappa shape index (κ2) is 1.93. The maximum absolute atomic E-state index is 6.99. The maximum atomic E-state index is 6.99. The molecule has 4 N–H and O–H groups in total. The van der Waals surface area contributed by atoms with Crippen LogP contribution in [0.3, 0.4) is 0 Å². The summed E-state index contributed by atoms with van der Waals surface area (Å²) in [6.07, 6.45) is 0. The third-order valence-electron chi connectivity index (χ3n) is 1.02. The minimum Gasteiger partial charge on any atom is -0.369 e. The average molecular weight is 127 g/mol. The quantitative estimate of drug-likeness (QED) is 0.233. The summed E-state index contributed by atoms with van der Waals surface area (Å²) in [5, 5.41) is 8.59. The predicted molar refractivity (Wildman–Crippen MR) is 35.1 cm³/mol. The number of aliphatic imine (C=N–C) groups is 1. The van der Waals surface area contributed by atoms with Crippen LogP contribution in [-0.2, 0) is 0 Å². The first-order valence-electron chi connectivity index (χ1n) is 2.58. The van der Waals surface area contributed by atoms with Crippen LogP contribution in [0, 0.1) is 5.41 Å². The second-order valence-corrected chi connectivity index (χ2v) is 1.75. The molecule has 9 heavy (non-hydrogen) atoms. The van der Waals surface area contributed by atoms with Gasteiger partial charge in [-0.25, -0.2) is 0 Å². The SMILES string of the molecule is CN=C(N)NN1CC1=N. The van der Waals surface area contributed by atoms with E-state index in [9.17, 15) is 0 Å². The van der Waals surface area contributed by atoms with Crippen LogP contribution in [-0.4, -0.2) is 30.4 Å². The van der Waals surface area contributed by atoms with Crippen molar-refractivity contribution in [2.24, 2.45) is 10.7 Å². The summed E-state index contributed by atoms with van der Waals surface area (Å²) in [6, 6.07) is 0. The van der Waals surface area contributed by atoms with Gasteiger partial charge in [-0.3, -0.25) is 20.8 Å². The summed E-state index contributed by atoms with van der Waals surface area (Å²) in [4.78, 5) is 3.65. The first-order chi connectivity index (χ1) is 4.24. The zero-order valence-electron chi connectivity index (χ0n) is 5.18. The van der Waals surface area contributed by atoms with Gasteiger partial charge in [0.2, 0.25) is 5.96 Å². The molecule has 5 heteroatoms. The lowest BCUT2D eigenvalue weighted by atomic mass is 10.9. The normalized spacial score (nSPS) is 18.1. The Morgan fingerprint density at radius 3 is 2.89 bits per heavy atom. The van der Waals surface area contributed by atoms with Gasteiger partial charge in [0.15, 0.2) is 0 Å². The molecule has 0 radical (unpaired) electrons. The van der Waals surface area contributed by atoms with Crippen molar-refractivity contribution in [2.75, 3.05) is 13.6 Å². The Balaban J connectivity index is 2.27. The maximum Gasteiger partial charge on any atom is 0.207 e. The molecule has 5 nitrogen and oxygen atoms in total. The molecule has 0 aliphatic carbocycles. The molecule has 0 spiro atoms. The topological polar surface area (TPSA) is 77.3 Å². The van der Waals surface area contributed by atoms with E-state index in [1.165, 1.54) is 0 Å². The number of nitrogens with one attached hydrogen (secondary N) is 2. The van der Waals surface area contributed by atoms with Gasteiger partial charge in [0, 0.05) is 7.05 Å². The molecule has 50 valence electrons. The Morgan fingerprint density at radius 1 is 2.00 bits per heavy atom. The van der Waals surface area contributed by atoms with Crippen LogP contribution < -0.4 is 11.2 Å². The highest BCUT2D eigenvalue weighted by Gasteiger charge is 2.25. The first-order valence-corrected chi connectivity index (χ1v) is 2.58. The van der Waals surface area contributed by atoms with E-state index in [1.54, 1.807) is 12.1 Å². The van der Waals surface area contributed by atoms with Crippen LogP contribution >= 0.6 is 0 Å². The molecule has 0 bridgehead atoms. The van der Waals surface area contributed by atoms with Crippen molar-refractivity contribution in [3.63, 3.8) is 0 Å². The largest absolute Gasteiger partial charge is 0.369 e. The summed E-state index contributed by atoms with van der Waals surface area (Å²) < 4.78 is 0. The summed E-state index contributed by atoms with van der Waals surface area (Å²) in [6.45, 7) is 0.649. The molecule has 1 heterocycles. The molecule has 1 saturated heterocycles. The van der Waals surface area contributed by atoms with E-state index < -0.39 is 0 Å². The number of hydrogen-bond donors (Lipinski definition) is 3. The summed E-state index contributed by atoms with van der Waals surface area (Å²) in [5.74, 6) is 0.888. The lowest BCUT2D eigenvalue weighted by Gasteiger charge is -2.01. The van der Waals surface area contributed by atoms with Gasteiger partial charge >= 0.3 is 0 Å². The summed E-state index contributed by atoms with van der Waals surface area (Å²) in [5.41, 5.74) is 7.97. The van der Waals surface area contributed by atoms with Gasteiger partial charge in [0.05, 0.1) is 6.54 Å². The third kappa shape index (κ3) is 1.31. The number of nitrogens with two attached hydrogens (primary N) is 1. The van der Waals surface area contributed by atoms with Crippen LogP contribution in [0.2, 0.25) is 0 Å². The Kier molecular flexibility index (Phi) is 1.26. The molecule has 1 fully saturated rings. The molecular formula is C4H9N5. The van der Waals surface area contributed by atoms with Crippen LogP contribution in [0.1, 0.15) is 0 Å². The molecule has 1 rings (SSSR count). The predicted octanol–water partition coefficient (Wildman–Crippen LogP) is -1.27. The fraction of sp³-hybridized carbons (Fsp3) is 0.500. The van der Waals surface area contributed by atoms with E-state index in [2.05, 4.69) is 10.4 Å². The zero-order valence-corrected chi connectivity index (χ0v) is 5.18. The fourth-order valence-corrected chi connectivity index (χ4v) is 0.410. The van der Waals surface area contributed by atoms with Crippen molar-refractivity contribution in [1.82, 2.24) is 10.4 Å². The Labute approximate surface area is 53.0 Å². The number of amidine groups is 1. The molecule has 0 aromatic heterocycles. The summed E-state index contributed by atoms with van der Waals surface area (Å²) >= 11 is 0.